The molecule has 2 heterocycles. The molecule has 29 heavy (non-hydrogen) atoms. The molecular formula is C20H24N2O5S2. The monoisotopic (exact) mass is 436 g/mol. The molecule has 1 unspecified atom stereocenters. The zero-order chi connectivity index (χ0) is 20.9. The van der Waals surface area contributed by atoms with E-state index < -0.39 is 22.0 Å². The summed E-state index contributed by atoms with van der Waals surface area (Å²) in [4.78, 5) is 24.6. The summed E-state index contributed by atoms with van der Waals surface area (Å²) in [5.41, 5.74) is 0.823. The lowest BCUT2D eigenvalue weighted by Gasteiger charge is -2.31. The fourth-order valence-electron chi connectivity index (χ4n) is 3.37. The summed E-state index contributed by atoms with van der Waals surface area (Å²) in [6.07, 6.45) is 0.921. The van der Waals surface area contributed by atoms with Gasteiger partial charge >= 0.3 is 5.97 Å². The van der Waals surface area contributed by atoms with E-state index in [1.165, 1.54) is 22.8 Å². The number of nitrogens with one attached hydrogen (secondary N) is 1. The highest BCUT2D eigenvalue weighted by atomic mass is 32.2. The summed E-state index contributed by atoms with van der Waals surface area (Å²) < 4.78 is 31.8. The number of carbonyl (C=O) groups excluding carboxylic acids is 2. The number of thiophene rings is 1. The molecule has 1 aromatic heterocycles. The summed E-state index contributed by atoms with van der Waals surface area (Å²) in [7, 11) is -2.18. The first-order valence-corrected chi connectivity index (χ1v) is 11.7. The highest BCUT2D eigenvalue weighted by Crippen LogP contribution is 2.27. The van der Waals surface area contributed by atoms with Crippen LogP contribution in [0, 0.1) is 5.92 Å². The minimum Gasteiger partial charge on any atom is -0.469 e. The van der Waals surface area contributed by atoms with E-state index >= 15 is 0 Å². The molecule has 1 saturated heterocycles. The van der Waals surface area contributed by atoms with Gasteiger partial charge in [0, 0.05) is 19.0 Å². The minimum absolute atomic E-state index is 0.0395. The molecule has 1 aromatic carbocycles. The minimum atomic E-state index is -3.49. The third-order valence-electron chi connectivity index (χ3n) is 5.03. The molecule has 2 aromatic rings. The third-order valence-corrected chi connectivity index (χ3v) is 8.30. The second-order valence-corrected chi connectivity index (χ2v) is 9.98. The van der Waals surface area contributed by atoms with E-state index in [-0.39, 0.29) is 18.2 Å². The Balaban J connectivity index is 1.62. The van der Waals surface area contributed by atoms with Crippen molar-refractivity contribution < 1.29 is 22.7 Å². The molecule has 7 nitrogen and oxygen atoms in total. The summed E-state index contributed by atoms with van der Waals surface area (Å²) in [5.74, 6) is -0.874. The highest BCUT2D eigenvalue weighted by molar-refractivity contribution is 7.91. The van der Waals surface area contributed by atoms with Gasteiger partial charge in [-0.05, 0) is 29.9 Å². The number of rotatable bonds is 7. The fraction of sp³-hybridized carbons (Fsp3) is 0.400. The van der Waals surface area contributed by atoms with E-state index in [9.17, 15) is 18.0 Å². The highest BCUT2D eigenvalue weighted by Gasteiger charge is 2.33. The van der Waals surface area contributed by atoms with Crippen LogP contribution in [0.2, 0.25) is 0 Å². The van der Waals surface area contributed by atoms with Crippen LogP contribution in [0.3, 0.4) is 0 Å². The summed E-state index contributed by atoms with van der Waals surface area (Å²) in [6.45, 7) is 0.594. The summed E-state index contributed by atoms with van der Waals surface area (Å²) in [6, 6.07) is 12.1. The Morgan fingerprint density at radius 3 is 2.45 bits per heavy atom. The Morgan fingerprint density at radius 2 is 1.86 bits per heavy atom. The normalized spacial score (nSPS) is 16.9. The number of carbonyl (C=O) groups is 2. The van der Waals surface area contributed by atoms with E-state index in [1.54, 1.807) is 17.5 Å². The molecule has 156 valence electrons. The van der Waals surface area contributed by atoms with Gasteiger partial charge in [-0.3, -0.25) is 9.59 Å². The number of esters is 1. The van der Waals surface area contributed by atoms with Gasteiger partial charge in [-0.15, -0.1) is 11.3 Å². The quantitative estimate of drug-likeness (QED) is 0.674. The molecule has 1 N–H and O–H groups in total. The van der Waals surface area contributed by atoms with Gasteiger partial charge in [0.2, 0.25) is 5.91 Å². The van der Waals surface area contributed by atoms with Crippen molar-refractivity contribution in [2.45, 2.75) is 29.5 Å². The van der Waals surface area contributed by atoms with Crippen molar-refractivity contribution in [3.8, 4) is 0 Å². The van der Waals surface area contributed by atoms with E-state index in [4.69, 9.17) is 4.74 Å². The Bertz CT molecular complexity index is 921. The lowest BCUT2D eigenvalue weighted by Crippen LogP contribution is -2.43. The van der Waals surface area contributed by atoms with Crippen LogP contribution in [-0.2, 0) is 24.3 Å². The van der Waals surface area contributed by atoms with Gasteiger partial charge < -0.3 is 10.1 Å². The molecule has 0 spiro atoms. The van der Waals surface area contributed by atoms with Crippen LogP contribution in [0.4, 0.5) is 0 Å². The number of hydrogen-bond acceptors (Lipinski definition) is 6. The number of hydrogen-bond donors (Lipinski definition) is 1. The molecule has 0 aliphatic carbocycles. The van der Waals surface area contributed by atoms with Gasteiger partial charge in [0.05, 0.1) is 19.6 Å². The number of nitrogens with zero attached hydrogens (tertiary/aromatic N) is 1. The second-order valence-electron chi connectivity index (χ2n) is 6.86. The Hall–Kier alpha value is -2.23. The van der Waals surface area contributed by atoms with Crippen LogP contribution in [0.15, 0.2) is 52.1 Å². The van der Waals surface area contributed by atoms with Gasteiger partial charge in [0.25, 0.3) is 10.0 Å². The number of methoxy groups -OCH3 is 1. The zero-order valence-electron chi connectivity index (χ0n) is 16.1. The lowest BCUT2D eigenvalue weighted by molar-refractivity contribution is -0.141. The van der Waals surface area contributed by atoms with Gasteiger partial charge in [-0.25, -0.2) is 8.42 Å². The topological polar surface area (TPSA) is 92.8 Å². The standard InChI is InChI=1S/C20H24N2O5S2/c1-27-18(23)14-17(15-6-3-2-4-7-15)21-20(24)16-9-11-22(12-10-16)29(25,26)19-8-5-13-28-19/h2-8,13,16-17H,9-12,14H2,1H3,(H,21,24). The molecule has 3 rings (SSSR count). The van der Waals surface area contributed by atoms with Gasteiger partial charge in [-0.2, -0.15) is 4.31 Å². The first-order chi connectivity index (χ1) is 13.9. The van der Waals surface area contributed by atoms with Crippen molar-refractivity contribution in [3.05, 3.63) is 53.4 Å². The number of amides is 1. The van der Waals surface area contributed by atoms with E-state index in [1.807, 2.05) is 30.3 Å². The molecule has 1 atom stereocenters. The first-order valence-electron chi connectivity index (χ1n) is 9.37. The maximum absolute atomic E-state index is 12.8. The number of sulfonamides is 1. The molecule has 1 aliphatic heterocycles. The van der Waals surface area contributed by atoms with Crippen molar-refractivity contribution in [2.75, 3.05) is 20.2 Å². The van der Waals surface area contributed by atoms with E-state index in [2.05, 4.69) is 5.32 Å². The maximum atomic E-state index is 12.8. The predicted octanol–water partition coefficient (Wildman–Crippen LogP) is 2.57. The fourth-order valence-corrected chi connectivity index (χ4v) is 5.99. The van der Waals surface area contributed by atoms with Crippen LogP contribution < -0.4 is 5.32 Å². The Labute approximate surface area is 174 Å². The van der Waals surface area contributed by atoms with Crippen molar-refractivity contribution in [2.24, 2.45) is 5.92 Å². The Morgan fingerprint density at radius 1 is 1.17 bits per heavy atom. The molecule has 9 heteroatoms. The molecule has 1 aliphatic rings. The predicted molar refractivity (Wildman–Crippen MR) is 110 cm³/mol. The Kier molecular flexibility index (Phi) is 7.05. The largest absolute Gasteiger partial charge is 0.469 e. The third kappa shape index (κ3) is 5.23. The lowest BCUT2D eigenvalue weighted by atomic mass is 9.95. The van der Waals surface area contributed by atoms with Gasteiger partial charge in [-0.1, -0.05) is 36.4 Å². The van der Waals surface area contributed by atoms with Crippen molar-refractivity contribution in [1.82, 2.24) is 9.62 Å². The summed E-state index contributed by atoms with van der Waals surface area (Å²) >= 11 is 1.19. The van der Waals surface area contributed by atoms with Gasteiger partial charge in [0.1, 0.15) is 4.21 Å². The molecular weight excluding hydrogens is 412 g/mol. The molecule has 1 amide bonds. The van der Waals surface area contributed by atoms with Crippen LogP contribution in [-0.4, -0.2) is 44.8 Å². The summed E-state index contributed by atoms with van der Waals surface area (Å²) in [5, 5.41) is 4.68. The molecule has 0 radical (unpaired) electrons. The maximum Gasteiger partial charge on any atom is 0.307 e. The number of ether oxygens (including phenoxy) is 1. The average Bonchev–Trinajstić information content (AvgIpc) is 3.29. The zero-order valence-corrected chi connectivity index (χ0v) is 17.7. The van der Waals surface area contributed by atoms with Crippen LogP contribution in [0.25, 0.3) is 0 Å². The SMILES string of the molecule is COC(=O)CC(NC(=O)C1CCN(S(=O)(=O)c2cccs2)CC1)c1ccccc1. The molecule has 0 bridgehead atoms. The molecule has 0 saturated carbocycles. The van der Waals surface area contributed by atoms with E-state index in [0.29, 0.717) is 30.1 Å². The second kappa shape index (κ2) is 9.51. The average molecular weight is 437 g/mol. The van der Waals surface area contributed by atoms with Crippen molar-refractivity contribution in [1.29, 1.82) is 0 Å². The van der Waals surface area contributed by atoms with Crippen LogP contribution in [0.5, 0.6) is 0 Å². The first kappa shape index (κ1) is 21.5. The van der Waals surface area contributed by atoms with Crippen molar-refractivity contribution in [3.63, 3.8) is 0 Å². The molecule has 1 fully saturated rings. The van der Waals surface area contributed by atoms with E-state index in [0.717, 1.165) is 5.56 Å². The van der Waals surface area contributed by atoms with Crippen molar-refractivity contribution >= 4 is 33.2 Å². The van der Waals surface area contributed by atoms with Gasteiger partial charge in [0.15, 0.2) is 0 Å². The number of benzene rings is 1. The number of piperidine rings is 1. The van der Waals surface area contributed by atoms with Crippen LogP contribution in [0.1, 0.15) is 30.9 Å². The van der Waals surface area contributed by atoms with Crippen LogP contribution >= 0.6 is 11.3 Å². The smallest absolute Gasteiger partial charge is 0.307 e.